The Balaban J connectivity index is 2.22. The average molecular weight is 484 g/mol. The number of nitro benzene ring substituents is 5. The van der Waals surface area contributed by atoms with Gasteiger partial charge < -0.3 is 10.4 Å². The number of anilines is 2. The highest BCUT2D eigenvalue weighted by atomic mass is 16.6. The van der Waals surface area contributed by atoms with Crippen molar-refractivity contribution >= 4 is 45.5 Å². The third kappa shape index (κ3) is 5.03. The molecule has 3 aromatic carbocycles. The third-order valence-electron chi connectivity index (χ3n) is 4.47. The lowest BCUT2D eigenvalue weighted by atomic mass is 10.2. The molecule has 0 aliphatic carbocycles. The molecule has 0 aliphatic heterocycles. The molecular weight excluding hydrogens is 474 g/mol. The van der Waals surface area contributed by atoms with E-state index in [0.717, 1.165) is 29.3 Å². The Kier molecular flexibility index (Phi) is 6.42. The molecule has 0 spiro atoms. The highest BCUT2D eigenvalue weighted by molar-refractivity contribution is 5.84. The minimum atomic E-state index is -1.09. The van der Waals surface area contributed by atoms with Crippen molar-refractivity contribution < 1.29 is 24.6 Å². The first-order valence-electron chi connectivity index (χ1n) is 9.11. The molecule has 0 bridgehead atoms. The van der Waals surface area contributed by atoms with Gasteiger partial charge in [0.2, 0.25) is 0 Å². The van der Waals surface area contributed by atoms with E-state index in [9.17, 15) is 50.6 Å². The highest BCUT2D eigenvalue weighted by Crippen LogP contribution is 2.46. The van der Waals surface area contributed by atoms with E-state index in [4.69, 9.17) is 0 Å². The maximum absolute atomic E-state index is 11.6. The van der Waals surface area contributed by atoms with E-state index < -0.39 is 47.4 Å². The normalized spacial score (nSPS) is 10.3. The fourth-order valence-corrected chi connectivity index (χ4v) is 2.87. The second-order valence-corrected chi connectivity index (χ2v) is 6.56. The van der Waals surface area contributed by atoms with Crippen molar-refractivity contribution in [2.24, 2.45) is 0 Å². The third-order valence-corrected chi connectivity index (χ3v) is 4.47. The van der Waals surface area contributed by atoms with E-state index in [1.54, 1.807) is 0 Å². The van der Waals surface area contributed by atoms with Crippen LogP contribution in [0.2, 0.25) is 0 Å². The molecular formula is C18H10N7O10-. The van der Waals surface area contributed by atoms with Crippen LogP contribution in [-0.2, 0) is 0 Å². The van der Waals surface area contributed by atoms with Crippen molar-refractivity contribution in [3.05, 3.63) is 117 Å². The summed E-state index contributed by atoms with van der Waals surface area (Å²) in [6, 6.07) is 10.0. The maximum atomic E-state index is 11.6. The Bertz CT molecular complexity index is 1270. The lowest BCUT2D eigenvalue weighted by Gasteiger charge is -2.39. The molecule has 0 radical (unpaired) electrons. The fraction of sp³-hybridized carbons (Fsp3) is 0. The second kappa shape index (κ2) is 9.40. The summed E-state index contributed by atoms with van der Waals surface area (Å²) in [6.45, 7) is 0. The van der Waals surface area contributed by atoms with Gasteiger partial charge in [0.05, 0.1) is 36.7 Å². The zero-order valence-electron chi connectivity index (χ0n) is 17.0. The predicted molar refractivity (Wildman–Crippen MR) is 118 cm³/mol. The molecule has 35 heavy (non-hydrogen) atoms. The van der Waals surface area contributed by atoms with Gasteiger partial charge in [-0.05, 0) is 24.3 Å². The number of non-ortho nitro benzene ring substituents is 3. The van der Waals surface area contributed by atoms with Crippen LogP contribution in [0.15, 0.2) is 60.7 Å². The minimum Gasteiger partial charge on any atom is -0.579 e. The van der Waals surface area contributed by atoms with Crippen molar-refractivity contribution in [3.63, 3.8) is 0 Å². The van der Waals surface area contributed by atoms with Gasteiger partial charge in [-0.2, -0.15) is 0 Å². The average Bonchev–Trinajstić information content (AvgIpc) is 2.82. The van der Waals surface area contributed by atoms with Gasteiger partial charge in [-0.15, -0.1) is 0 Å². The molecule has 3 aromatic rings. The van der Waals surface area contributed by atoms with Crippen LogP contribution in [-0.4, -0.2) is 24.6 Å². The van der Waals surface area contributed by atoms with Crippen molar-refractivity contribution in [1.29, 1.82) is 0 Å². The lowest BCUT2D eigenvalue weighted by Crippen LogP contribution is -2.11. The largest absolute Gasteiger partial charge is 0.579 e. The van der Waals surface area contributed by atoms with Crippen LogP contribution in [0.25, 0.3) is 5.43 Å². The quantitative estimate of drug-likeness (QED) is 0.290. The first kappa shape index (κ1) is 23.9. The number of rotatable bonds is 9. The monoisotopic (exact) mass is 484 g/mol. The van der Waals surface area contributed by atoms with E-state index in [-0.39, 0.29) is 22.7 Å². The molecule has 0 atom stereocenters. The number of hydrogen-bond donors (Lipinski definition) is 0. The Hall–Kier alpha value is -5.74. The smallest absolute Gasteiger partial charge is 0.283 e. The van der Waals surface area contributed by atoms with Crippen LogP contribution in [0.5, 0.6) is 0 Å². The van der Waals surface area contributed by atoms with Crippen LogP contribution in [0, 0.1) is 50.6 Å². The summed E-state index contributed by atoms with van der Waals surface area (Å²) in [5.41, 5.74) is -0.472. The van der Waals surface area contributed by atoms with Gasteiger partial charge in [-0.1, -0.05) is 0 Å². The molecule has 0 N–H and O–H groups in total. The molecule has 0 aromatic heterocycles. The van der Waals surface area contributed by atoms with Gasteiger partial charge in [0.15, 0.2) is 0 Å². The molecule has 3 rings (SSSR count). The zero-order chi connectivity index (χ0) is 25.9. The molecule has 0 aliphatic rings. The number of hydrogen-bond acceptors (Lipinski definition) is 11. The molecule has 0 saturated heterocycles. The van der Waals surface area contributed by atoms with Crippen molar-refractivity contribution in [1.82, 2.24) is 0 Å². The topological polar surface area (TPSA) is 233 Å². The number of nitro groups is 5. The molecule has 17 nitrogen and oxygen atoms in total. The molecule has 178 valence electrons. The van der Waals surface area contributed by atoms with Crippen molar-refractivity contribution in [2.75, 3.05) is 5.01 Å². The molecule has 0 heterocycles. The minimum absolute atomic E-state index is 0.0337. The Morgan fingerprint density at radius 1 is 0.514 bits per heavy atom. The predicted octanol–water partition coefficient (Wildman–Crippen LogP) is 4.99. The summed E-state index contributed by atoms with van der Waals surface area (Å²) in [7, 11) is 0. The van der Waals surface area contributed by atoms with Gasteiger partial charge >= 0.3 is 0 Å². The fourth-order valence-electron chi connectivity index (χ4n) is 2.87. The molecule has 0 saturated carbocycles. The van der Waals surface area contributed by atoms with E-state index in [1.807, 2.05) is 0 Å². The lowest BCUT2D eigenvalue weighted by molar-refractivity contribution is -0.401. The van der Waals surface area contributed by atoms with Gasteiger partial charge in [0, 0.05) is 41.3 Å². The van der Waals surface area contributed by atoms with Gasteiger partial charge in [0.1, 0.15) is 0 Å². The van der Waals surface area contributed by atoms with E-state index in [1.165, 1.54) is 24.3 Å². The summed E-state index contributed by atoms with van der Waals surface area (Å²) < 4.78 is 0. The van der Waals surface area contributed by atoms with Crippen LogP contribution in [0.1, 0.15) is 0 Å². The first-order chi connectivity index (χ1) is 16.5. The standard InChI is InChI=1S/C18H10N7O10/c26-21(27)13-5-1-11(2-6-13)20(12-3-7-14(8-4-12)22(28)29)19-18-16(24(32)33)9-15(23(30)31)10-17(18)25(34)35/h1-10H/q-1. The SMILES string of the molecule is O=[N+]([O-])c1ccc(N([N-]c2c([N+](=O)[O-])cc([N+](=O)[O-])cc2[N+](=O)[O-])c2ccc([N+](=O)[O-])cc2)cc1. The Labute approximate surface area is 192 Å². The van der Waals surface area contributed by atoms with E-state index in [0.29, 0.717) is 12.1 Å². The summed E-state index contributed by atoms with van der Waals surface area (Å²) in [5, 5.41) is 57.2. The molecule has 0 amide bonds. The summed E-state index contributed by atoms with van der Waals surface area (Å²) in [6.07, 6.45) is 0. The Morgan fingerprint density at radius 2 is 0.857 bits per heavy atom. The van der Waals surface area contributed by atoms with Crippen LogP contribution in [0.3, 0.4) is 0 Å². The summed E-state index contributed by atoms with van der Waals surface area (Å²) in [4.78, 5) is 51.6. The van der Waals surface area contributed by atoms with E-state index >= 15 is 0 Å². The van der Waals surface area contributed by atoms with Gasteiger partial charge in [0.25, 0.3) is 28.4 Å². The number of nitrogens with zero attached hydrogens (tertiary/aromatic N) is 7. The summed E-state index contributed by atoms with van der Waals surface area (Å²) >= 11 is 0. The van der Waals surface area contributed by atoms with Crippen LogP contribution >= 0.6 is 0 Å². The van der Waals surface area contributed by atoms with Crippen molar-refractivity contribution in [2.45, 2.75) is 0 Å². The molecule has 0 fully saturated rings. The van der Waals surface area contributed by atoms with E-state index in [2.05, 4.69) is 5.43 Å². The van der Waals surface area contributed by atoms with Gasteiger partial charge in [-0.3, -0.25) is 50.6 Å². The number of benzene rings is 3. The molecule has 17 heteroatoms. The van der Waals surface area contributed by atoms with Crippen LogP contribution < -0.4 is 5.01 Å². The Morgan fingerprint density at radius 3 is 1.14 bits per heavy atom. The summed E-state index contributed by atoms with van der Waals surface area (Å²) in [5.74, 6) is 0. The zero-order valence-corrected chi connectivity index (χ0v) is 17.0. The highest BCUT2D eigenvalue weighted by Gasteiger charge is 2.26. The van der Waals surface area contributed by atoms with Crippen LogP contribution in [0.4, 0.5) is 45.5 Å². The molecule has 0 unspecified atom stereocenters. The first-order valence-corrected chi connectivity index (χ1v) is 9.11. The maximum Gasteiger partial charge on any atom is 0.283 e. The second-order valence-electron chi connectivity index (χ2n) is 6.56. The van der Waals surface area contributed by atoms with Gasteiger partial charge in [-0.25, -0.2) is 0 Å². The van der Waals surface area contributed by atoms with Crippen molar-refractivity contribution in [3.8, 4) is 0 Å².